The standard InChI is InChI=1S/C18H18ClNO2/c1-14-9-10-16(17(19)12-14)8-5-11-20-18(21)22-13-15-6-3-2-4-7-15/h2-10,12H,11,13H2,1H3,(H,20,21). The molecule has 22 heavy (non-hydrogen) atoms. The Morgan fingerprint density at radius 2 is 2.00 bits per heavy atom. The molecule has 0 fully saturated rings. The Morgan fingerprint density at radius 1 is 1.23 bits per heavy atom. The van der Waals surface area contributed by atoms with Gasteiger partial charge in [-0.3, -0.25) is 0 Å². The zero-order valence-electron chi connectivity index (χ0n) is 12.4. The maximum absolute atomic E-state index is 11.5. The van der Waals surface area contributed by atoms with Crippen molar-refractivity contribution in [3.63, 3.8) is 0 Å². The van der Waals surface area contributed by atoms with Crippen molar-refractivity contribution < 1.29 is 9.53 Å². The van der Waals surface area contributed by atoms with Crippen LogP contribution >= 0.6 is 11.6 Å². The number of hydrogen-bond donors (Lipinski definition) is 1. The number of alkyl carbamates (subject to hydrolysis) is 1. The largest absolute Gasteiger partial charge is 0.445 e. The average molecular weight is 316 g/mol. The van der Waals surface area contributed by atoms with E-state index < -0.39 is 6.09 Å². The van der Waals surface area contributed by atoms with E-state index in [1.165, 1.54) is 0 Å². The fourth-order valence-electron chi connectivity index (χ4n) is 1.87. The summed E-state index contributed by atoms with van der Waals surface area (Å²) in [6, 6.07) is 15.4. The van der Waals surface area contributed by atoms with Gasteiger partial charge in [-0.05, 0) is 29.7 Å². The number of amides is 1. The molecule has 4 heteroatoms. The van der Waals surface area contributed by atoms with Gasteiger partial charge in [-0.2, -0.15) is 0 Å². The van der Waals surface area contributed by atoms with Gasteiger partial charge < -0.3 is 10.1 Å². The Balaban J connectivity index is 1.73. The van der Waals surface area contributed by atoms with Gasteiger partial charge >= 0.3 is 6.09 Å². The van der Waals surface area contributed by atoms with Crippen LogP contribution in [0.5, 0.6) is 0 Å². The van der Waals surface area contributed by atoms with Crippen LogP contribution in [0.25, 0.3) is 6.08 Å². The highest BCUT2D eigenvalue weighted by Gasteiger charge is 2.00. The summed E-state index contributed by atoms with van der Waals surface area (Å²) in [6.45, 7) is 2.64. The predicted octanol–water partition coefficient (Wildman–Crippen LogP) is 4.59. The predicted molar refractivity (Wildman–Crippen MR) is 89.9 cm³/mol. The molecule has 2 rings (SSSR count). The molecule has 0 saturated heterocycles. The van der Waals surface area contributed by atoms with Crippen molar-refractivity contribution in [2.75, 3.05) is 6.54 Å². The zero-order chi connectivity index (χ0) is 15.8. The van der Waals surface area contributed by atoms with Crippen molar-refractivity contribution in [1.82, 2.24) is 5.32 Å². The van der Waals surface area contributed by atoms with Crippen LogP contribution < -0.4 is 5.32 Å². The molecule has 0 aliphatic heterocycles. The highest BCUT2D eigenvalue weighted by atomic mass is 35.5. The third-order valence-corrected chi connectivity index (χ3v) is 3.36. The second-order valence-corrected chi connectivity index (χ2v) is 5.28. The highest BCUT2D eigenvalue weighted by molar-refractivity contribution is 6.32. The molecule has 0 atom stereocenters. The number of hydrogen-bond acceptors (Lipinski definition) is 2. The van der Waals surface area contributed by atoms with Gasteiger partial charge in [0.15, 0.2) is 0 Å². The van der Waals surface area contributed by atoms with Crippen LogP contribution in [0.4, 0.5) is 4.79 Å². The van der Waals surface area contributed by atoms with Crippen molar-refractivity contribution in [3.05, 3.63) is 76.3 Å². The normalized spacial score (nSPS) is 10.6. The lowest BCUT2D eigenvalue weighted by Crippen LogP contribution is -2.24. The van der Waals surface area contributed by atoms with Gasteiger partial charge in [0.1, 0.15) is 6.61 Å². The first-order chi connectivity index (χ1) is 10.6. The third-order valence-electron chi connectivity index (χ3n) is 3.03. The Labute approximate surface area is 135 Å². The van der Waals surface area contributed by atoms with Gasteiger partial charge in [-0.1, -0.05) is 66.2 Å². The smallest absolute Gasteiger partial charge is 0.407 e. The summed E-state index contributed by atoms with van der Waals surface area (Å²) in [5.41, 5.74) is 3.00. The molecule has 0 bridgehead atoms. The summed E-state index contributed by atoms with van der Waals surface area (Å²) in [7, 11) is 0. The fourth-order valence-corrected chi connectivity index (χ4v) is 2.17. The molecule has 0 aromatic heterocycles. The van der Waals surface area contributed by atoms with E-state index in [4.69, 9.17) is 16.3 Å². The number of rotatable bonds is 5. The van der Waals surface area contributed by atoms with Crippen molar-refractivity contribution in [3.8, 4) is 0 Å². The second-order valence-electron chi connectivity index (χ2n) is 4.87. The third kappa shape index (κ3) is 5.26. The molecule has 0 radical (unpaired) electrons. The van der Waals surface area contributed by atoms with Gasteiger partial charge in [0, 0.05) is 11.6 Å². The molecule has 0 aliphatic rings. The topological polar surface area (TPSA) is 38.3 Å². The first-order valence-corrected chi connectivity index (χ1v) is 7.40. The van der Waals surface area contributed by atoms with E-state index in [0.29, 0.717) is 11.6 Å². The lowest BCUT2D eigenvalue weighted by molar-refractivity contribution is 0.141. The number of aryl methyl sites for hydroxylation is 1. The molecule has 1 amide bonds. The minimum Gasteiger partial charge on any atom is -0.445 e. The van der Waals surface area contributed by atoms with E-state index in [-0.39, 0.29) is 6.61 Å². The van der Waals surface area contributed by atoms with E-state index in [2.05, 4.69) is 5.32 Å². The average Bonchev–Trinajstić information content (AvgIpc) is 2.52. The molecule has 0 spiro atoms. The van der Waals surface area contributed by atoms with Crippen LogP contribution in [-0.4, -0.2) is 12.6 Å². The number of carbonyl (C=O) groups is 1. The molecule has 0 saturated carbocycles. The maximum atomic E-state index is 11.5. The molecule has 114 valence electrons. The molecule has 0 heterocycles. The van der Waals surface area contributed by atoms with Crippen LogP contribution in [0.2, 0.25) is 5.02 Å². The van der Waals surface area contributed by atoms with Crippen LogP contribution in [0.15, 0.2) is 54.6 Å². The van der Waals surface area contributed by atoms with E-state index in [0.717, 1.165) is 16.7 Å². The monoisotopic (exact) mass is 315 g/mol. The molecule has 0 unspecified atom stereocenters. The summed E-state index contributed by atoms with van der Waals surface area (Å²) in [5, 5.41) is 3.36. The van der Waals surface area contributed by atoms with Gasteiger partial charge in [-0.15, -0.1) is 0 Å². The van der Waals surface area contributed by atoms with Crippen molar-refractivity contribution >= 4 is 23.8 Å². The minimum atomic E-state index is -0.441. The van der Waals surface area contributed by atoms with E-state index in [9.17, 15) is 4.79 Å². The van der Waals surface area contributed by atoms with E-state index in [1.54, 1.807) is 0 Å². The number of nitrogens with one attached hydrogen (secondary N) is 1. The van der Waals surface area contributed by atoms with E-state index in [1.807, 2.05) is 67.6 Å². The molecular formula is C18H18ClNO2. The molecule has 0 aliphatic carbocycles. The minimum absolute atomic E-state index is 0.264. The molecule has 2 aromatic rings. The number of carbonyl (C=O) groups excluding carboxylic acids is 1. The number of halogens is 1. The summed E-state index contributed by atoms with van der Waals surface area (Å²) in [6.07, 6.45) is 3.27. The quantitative estimate of drug-likeness (QED) is 0.876. The Bertz CT molecular complexity index is 653. The van der Waals surface area contributed by atoms with Crippen LogP contribution in [0.3, 0.4) is 0 Å². The van der Waals surface area contributed by atoms with Crippen LogP contribution in [0, 0.1) is 6.92 Å². The number of benzene rings is 2. The lowest BCUT2D eigenvalue weighted by Gasteiger charge is -2.05. The maximum Gasteiger partial charge on any atom is 0.407 e. The van der Waals surface area contributed by atoms with Crippen molar-refractivity contribution in [2.45, 2.75) is 13.5 Å². The second kappa shape index (κ2) is 8.25. The Hall–Kier alpha value is -2.26. The summed E-state index contributed by atoms with van der Waals surface area (Å²) >= 11 is 6.13. The molecular weight excluding hydrogens is 298 g/mol. The van der Waals surface area contributed by atoms with Crippen molar-refractivity contribution in [2.24, 2.45) is 0 Å². The first kappa shape index (κ1) is 16.1. The van der Waals surface area contributed by atoms with Crippen LogP contribution in [-0.2, 0) is 11.3 Å². The molecule has 2 aromatic carbocycles. The van der Waals surface area contributed by atoms with Crippen LogP contribution in [0.1, 0.15) is 16.7 Å². The van der Waals surface area contributed by atoms with Gasteiger partial charge in [0.2, 0.25) is 0 Å². The van der Waals surface area contributed by atoms with Gasteiger partial charge in [-0.25, -0.2) is 4.79 Å². The molecule has 3 nitrogen and oxygen atoms in total. The Morgan fingerprint density at radius 3 is 2.73 bits per heavy atom. The SMILES string of the molecule is Cc1ccc(C=CCNC(=O)OCc2ccccc2)c(Cl)c1. The first-order valence-electron chi connectivity index (χ1n) is 7.02. The van der Waals surface area contributed by atoms with Gasteiger partial charge in [0.05, 0.1) is 0 Å². The van der Waals surface area contributed by atoms with E-state index >= 15 is 0 Å². The van der Waals surface area contributed by atoms with Crippen molar-refractivity contribution in [1.29, 1.82) is 0 Å². The summed E-state index contributed by atoms with van der Waals surface area (Å²) in [5.74, 6) is 0. The fraction of sp³-hybridized carbons (Fsp3) is 0.167. The Kier molecular flexibility index (Phi) is 6.04. The van der Waals surface area contributed by atoms with Gasteiger partial charge in [0.25, 0.3) is 0 Å². The lowest BCUT2D eigenvalue weighted by atomic mass is 10.1. The summed E-state index contributed by atoms with van der Waals surface area (Å²) in [4.78, 5) is 11.5. The zero-order valence-corrected chi connectivity index (χ0v) is 13.1. The molecule has 1 N–H and O–H groups in total. The number of ether oxygens (including phenoxy) is 1. The highest BCUT2D eigenvalue weighted by Crippen LogP contribution is 2.18. The summed E-state index contributed by atoms with van der Waals surface area (Å²) < 4.78 is 5.11.